The second-order valence-electron chi connectivity index (χ2n) is 5.88. The lowest BCUT2D eigenvalue weighted by atomic mass is 9.95. The summed E-state index contributed by atoms with van der Waals surface area (Å²) >= 11 is 1.93. The lowest BCUT2D eigenvalue weighted by Gasteiger charge is -2.15. The first kappa shape index (κ1) is 13.1. The molecule has 1 fully saturated rings. The van der Waals surface area contributed by atoms with Crippen LogP contribution in [0.2, 0.25) is 0 Å². The number of ether oxygens (including phenoxy) is 1. The van der Waals surface area contributed by atoms with Crippen LogP contribution in [0.5, 0.6) is 0 Å². The van der Waals surface area contributed by atoms with Crippen LogP contribution in [0.4, 0.5) is 0 Å². The summed E-state index contributed by atoms with van der Waals surface area (Å²) in [5.74, 6) is 0.719. The molecule has 2 rings (SSSR count). The topological polar surface area (TPSA) is 21.3 Å². The van der Waals surface area contributed by atoms with Crippen molar-refractivity contribution in [3.63, 3.8) is 0 Å². The first-order valence-electron chi connectivity index (χ1n) is 6.43. The maximum Gasteiger partial charge on any atom is 0.0507 e. The van der Waals surface area contributed by atoms with Crippen molar-refractivity contribution in [2.45, 2.75) is 39.2 Å². The second-order valence-corrected chi connectivity index (χ2v) is 7.04. The summed E-state index contributed by atoms with van der Waals surface area (Å²) in [7, 11) is 0. The monoisotopic (exact) mass is 253 g/mol. The fourth-order valence-corrected chi connectivity index (χ4v) is 3.05. The summed E-state index contributed by atoms with van der Waals surface area (Å²) in [5, 5.41) is 3.54. The molecule has 3 heteroatoms. The van der Waals surface area contributed by atoms with Gasteiger partial charge in [-0.25, -0.2) is 0 Å². The highest BCUT2D eigenvalue weighted by molar-refractivity contribution is 7.12. The first-order chi connectivity index (χ1) is 8.05. The maximum absolute atomic E-state index is 5.37. The van der Waals surface area contributed by atoms with Crippen molar-refractivity contribution in [1.29, 1.82) is 0 Å². The highest BCUT2D eigenvalue weighted by Gasteiger charge is 2.17. The van der Waals surface area contributed by atoms with Gasteiger partial charge in [-0.15, -0.1) is 11.3 Å². The minimum absolute atomic E-state index is 0.280. The van der Waals surface area contributed by atoms with Crippen LogP contribution in [0.15, 0.2) is 12.1 Å². The van der Waals surface area contributed by atoms with E-state index >= 15 is 0 Å². The van der Waals surface area contributed by atoms with Gasteiger partial charge in [0.2, 0.25) is 0 Å². The third-order valence-corrected chi connectivity index (χ3v) is 4.67. The number of nitrogens with one attached hydrogen (secondary N) is 1. The SMILES string of the molecule is CC(C)(C)c1ccc(CNCC2CCOC2)s1. The lowest BCUT2D eigenvalue weighted by molar-refractivity contribution is 0.185. The van der Waals surface area contributed by atoms with Crippen molar-refractivity contribution < 1.29 is 4.74 Å². The minimum Gasteiger partial charge on any atom is -0.381 e. The molecule has 1 aromatic rings. The van der Waals surface area contributed by atoms with Crippen LogP contribution in [0, 0.1) is 5.92 Å². The predicted octanol–water partition coefficient (Wildman–Crippen LogP) is 3.17. The molecule has 0 bridgehead atoms. The van der Waals surface area contributed by atoms with Crippen LogP contribution in [-0.4, -0.2) is 19.8 Å². The van der Waals surface area contributed by atoms with E-state index < -0.39 is 0 Å². The molecule has 1 aromatic heterocycles. The van der Waals surface area contributed by atoms with Gasteiger partial charge in [0.25, 0.3) is 0 Å². The molecule has 1 unspecified atom stereocenters. The molecular formula is C14H23NOS. The van der Waals surface area contributed by atoms with Gasteiger partial charge in [-0.1, -0.05) is 20.8 Å². The highest BCUT2D eigenvalue weighted by Crippen LogP contribution is 2.29. The van der Waals surface area contributed by atoms with E-state index in [1.807, 2.05) is 11.3 Å². The summed E-state index contributed by atoms with van der Waals surface area (Å²) in [4.78, 5) is 2.91. The Morgan fingerprint density at radius 2 is 2.24 bits per heavy atom. The summed E-state index contributed by atoms with van der Waals surface area (Å²) < 4.78 is 5.37. The molecule has 0 saturated carbocycles. The molecule has 0 radical (unpaired) electrons. The third kappa shape index (κ3) is 3.80. The maximum atomic E-state index is 5.37. The molecule has 1 saturated heterocycles. The Kier molecular flexibility index (Phi) is 4.23. The molecule has 0 aliphatic carbocycles. The molecule has 1 atom stereocenters. The summed E-state index contributed by atoms with van der Waals surface area (Å²) in [6, 6.07) is 4.52. The minimum atomic E-state index is 0.280. The fourth-order valence-electron chi connectivity index (χ4n) is 2.02. The van der Waals surface area contributed by atoms with Gasteiger partial charge < -0.3 is 10.1 Å². The number of rotatable bonds is 4. The number of hydrogen-bond donors (Lipinski definition) is 1. The van der Waals surface area contributed by atoms with E-state index in [1.54, 1.807) is 0 Å². The van der Waals surface area contributed by atoms with Crippen LogP contribution in [0.25, 0.3) is 0 Å². The molecule has 96 valence electrons. The Morgan fingerprint density at radius 3 is 2.82 bits per heavy atom. The average molecular weight is 253 g/mol. The zero-order chi connectivity index (χ0) is 12.3. The van der Waals surface area contributed by atoms with Crippen molar-refractivity contribution in [2.75, 3.05) is 19.8 Å². The van der Waals surface area contributed by atoms with Gasteiger partial charge in [0, 0.05) is 29.5 Å². The van der Waals surface area contributed by atoms with E-state index in [0.29, 0.717) is 0 Å². The molecule has 0 spiro atoms. The average Bonchev–Trinajstić information content (AvgIpc) is 2.86. The largest absolute Gasteiger partial charge is 0.381 e. The van der Waals surface area contributed by atoms with Crippen molar-refractivity contribution in [1.82, 2.24) is 5.32 Å². The van der Waals surface area contributed by atoms with Crippen LogP contribution in [0.1, 0.15) is 36.9 Å². The van der Waals surface area contributed by atoms with Crippen molar-refractivity contribution in [2.24, 2.45) is 5.92 Å². The van der Waals surface area contributed by atoms with Gasteiger partial charge >= 0.3 is 0 Å². The zero-order valence-electron chi connectivity index (χ0n) is 11.1. The molecule has 1 N–H and O–H groups in total. The van der Waals surface area contributed by atoms with Gasteiger partial charge in [-0.2, -0.15) is 0 Å². The van der Waals surface area contributed by atoms with E-state index in [4.69, 9.17) is 4.74 Å². The quantitative estimate of drug-likeness (QED) is 0.890. The number of hydrogen-bond acceptors (Lipinski definition) is 3. The molecule has 0 amide bonds. The molecule has 2 heterocycles. The second kappa shape index (κ2) is 5.51. The van der Waals surface area contributed by atoms with Crippen LogP contribution in [-0.2, 0) is 16.7 Å². The summed E-state index contributed by atoms with van der Waals surface area (Å²) in [6.45, 7) is 10.8. The smallest absolute Gasteiger partial charge is 0.0507 e. The van der Waals surface area contributed by atoms with Crippen molar-refractivity contribution in [3.05, 3.63) is 21.9 Å². The third-order valence-electron chi connectivity index (χ3n) is 3.16. The van der Waals surface area contributed by atoms with E-state index in [2.05, 4.69) is 38.2 Å². The van der Waals surface area contributed by atoms with Crippen molar-refractivity contribution >= 4 is 11.3 Å². The predicted molar refractivity (Wildman–Crippen MR) is 73.7 cm³/mol. The fraction of sp³-hybridized carbons (Fsp3) is 0.714. The summed E-state index contributed by atoms with van der Waals surface area (Å²) in [6.07, 6.45) is 1.21. The van der Waals surface area contributed by atoms with Gasteiger partial charge in [0.05, 0.1) is 6.61 Å². The Bertz CT molecular complexity index is 347. The Morgan fingerprint density at radius 1 is 1.41 bits per heavy atom. The Labute approximate surface area is 108 Å². The molecule has 1 aliphatic rings. The van der Waals surface area contributed by atoms with Gasteiger partial charge in [-0.05, 0) is 29.9 Å². The molecular weight excluding hydrogens is 230 g/mol. The Hall–Kier alpha value is -0.380. The Balaban J connectivity index is 1.77. The van der Waals surface area contributed by atoms with E-state index in [0.717, 1.165) is 32.2 Å². The molecule has 0 aromatic carbocycles. The van der Waals surface area contributed by atoms with Crippen molar-refractivity contribution in [3.8, 4) is 0 Å². The molecule has 17 heavy (non-hydrogen) atoms. The van der Waals surface area contributed by atoms with Gasteiger partial charge in [-0.3, -0.25) is 0 Å². The first-order valence-corrected chi connectivity index (χ1v) is 7.25. The molecule has 1 aliphatic heterocycles. The van der Waals surface area contributed by atoms with E-state index in [9.17, 15) is 0 Å². The lowest BCUT2D eigenvalue weighted by Crippen LogP contribution is -2.22. The van der Waals surface area contributed by atoms with Crippen LogP contribution < -0.4 is 5.32 Å². The zero-order valence-corrected chi connectivity index (χ0v) is 11.9. The van der Waals surface area contributed by atoms with E-state index in [-0.39, 0.29) is 5.41 Å². The van der Waals surface area contributed by atoms with Gasteiger partial charge in [0.1, 0.15) is 0 Å². The standard InChI is InChI=1S/C14H23NOS/c1-14(2,3)13-5-4-12(17-13)9-15-8-11-6-7-16-10-11/h4-5,11,15H,6-10H2,1-3H3. The van der Waals surface area contributed by atoms with Crippen LogP contribution in [0.3, 0.4) is 0 Å². The van der Waals surface area contributed by atoms with Crippen LogP contribution >= 0.6 is 11.3 Å². The van der Waals surface area contributed by atoms with Gasteiger partial charge in [0.15, 0.2) is 0 Å². The normalized spacial score (nSPS) is 21.0. The number of thiophene rings is 1. The molecule has 2 nitrogen and oxygen atoms in total. The van der Waals surface area contributed by atoms with E-state index in [1.165, 1.54) is 16.2 Å². The summed E-state index contributed by atoms with van der Waals surface area (Å²) in [5.41, 5.74) is 0.280. The highest BCUT2D eigenvalue weighted by atomic mass is 32.1.